The maximum absolute atomic E-state index is 12.6. The number of hydrogen-bond acceptors (Lipinski definition) is 3. The Balaban J connectivity index is 1.67. The maximum atomic E-state index is 12.6. The number of nitrogens with zero attached hydrogens (tertiary/aromatic N) is 1. The monoisotopic (exact) mass is 294 g/mol. The second-order valence-electron chi connectivity index (χ2n) is 6.09. The van der Waals surface area contributed by atoms with Gasteiger partial charge in [0.25, 0.3) is 0 Å². The highest BCUT2D eigenvalue weighted by Crippen LogP contribution is 2.29. The van der Waals surface area contributed by atoms with E-state index >= 15 is 0 Å². The fraction of sp³-hybridized carbons (Fsp3) is 0.600. The zero-order chi connectivity index (χ0) is 14.2. The predicted molar refractivity (Wildman–Crippen MR) is 80.1 cm³/mol. The Morgan fingerprint density at radius 3 is 2.40 bits per heavy atom. The zero-order valence-electron chi connectivity index (χ0n) is 11.8. The normalized spacial score (nSPS) is 28.4. The molecule has 5 heteroatoms. The van der Waals surface area contributed by atoms with E-state index in [9.17, 15) is 8.42 Å². The van der Waals surface area contributed by atoms with Gasteiger partial charge in [-0.05, 0) is 36.4 Å². The molecule has 3 rings (SSSR count). The summed E-state index contributed by atoms with van der Waals surface area (Å²) in [6, 6.07) is 9.89. The van der Waals surface area contributed by atoms with E-state index in [0.717, 1.165) is 18.7 Å². The molecular weight excluding hydrogens is 272 g/mol. The van der Waals surface area contributed by atoms with Crippen molar-refractivity contribution in [2.24, 2.45) is 11.8 Å². The van der Waals surface area contributed by atoms with Gasteiger partial charge in [0.2, 0.25) is 10.0 Å². The lowest BCUT2D eigenvalue weighted by Crippen LogP contribution is -2.34. The van der Waals surface area contributed by atoms with Gasteiger partial charge in [0.05, 0.1) is 5.75 Å². The number of fused-ring (bicyclic) bond motifs is 1. The minimum absolute atomic E-state index is 0.0414. The van der Waals surface area contributed by atoms with Crippen LogP contribution in [-0.4, -0.2) is 44.7 Å². The molecule has 20 heavy (non-hydrogen) atoms. The number of nitrogens with one attached hydrogen (secondary N) is 1. The molecule has 2 fully saturated rings. The molecule has 0 aliphatic carbocycles. The Hall–Kier alpha value is -0.910. The van der Waals surface area contributed by atoms with E-state index in [2.05, 4.69) is 5.32 Å². The molecule has 0 aromatic heterocycles. The highest BCUT2D eigenvalue weighted by atomic mass is 32.2. The highest BCUT2D eigenvalue weighted by Gasteiger charge is 2.41. The third-order valence-electron chi connectivity index (χ3n) is 4.58. The number of sulfonamides is 1. The molecule has 4 nitrogen and oxygen atoms in total. The Kier molecular flexibility index (Phi) is 3.84. The third-order valence-corrected chi connectivity index (χ3v) is 6.58. The summed E-state index contributed by atoms with van der Waals surface area (Å²) in [6.45, 7) is 5.31. The van der Waals surface area contributed by atoms with Crippen LogP contribution in [0.25, 0.3) is 0 Å². The Morgan fingerprint density at radius 1 is 1.20 bits per heavy atom. The van der Waals surface area contributed by atoms with Crippen LogP contribution in [0, 0.1) is 11.8 Å². The minimum Gasteiger partial charge on any atom is -0.316 e. The molecule has 3 atom stereocenters. The molecular formula is C15H22N2O2S. The standard InChI is InChI=1S/C15H22N2O2S/c1-12(13-5-3-2-4-6-13)11-20(18,19)17-9-14-7-16-8-15(14)10-17/h2-6,12,14-16H,7-11H2,1H3/t12?,14-,15+. The fourth-order valence-electron chi connectivity index (χ4n) is 3.34. The van der Waals surface area contributed by atoms with Crippen molar-refractivity contribution in [3.8, 4) is 0 Å². The van der Waals surface area contributed by atoms with Crippen molar-refractivity contribution in [2.75, 3.05) is 31.9 Å². The van der Waals surface area contributed by atoms with Crippen LogP contribution in [0.15, 0.2) is 30.3 Å². The summed E-state index contributed by atoms with van der Waals surface area (Å²) in [4.78, 5) is 0. The first-order valence-electron chi connectivity index (χ1n) is 7.30. The van der Waals surface area contributed by atoms with Crippen molar-refractivity contribution in [1.29, 1.82) is 0 Å². The first kappa shape index (κ1) is 14.0. The lowest BCUT2D eigenvalue weighted by molar-refractivity contribution is 0.445. The SMILES string of the molecule is CC(CS(=O)(=O)N1C[C@H]2CNC[C@H]2C1)c1ccccc1. The van der Waals surface area contributed by atoms with E-state index in [1.165, 1.54) is 0 Å². The maximum Gasteiger partial charge on any atom is 0.214 e. The summed E-state index contributed by atoms with van der Waals surface area (Å²) in [5, 5.41) is 3.34. The summed E-state index contributed by atoms with van der Waals surface area (Å²) >= 11 is 0. The molecule has 0 radical (unpaired) electrons. The molecule has 1 N–H and O–H groups in total. The van der Waals surface area contributed by atoms with Crippen molar-refractivity contribution in [1.82, 2.24) is 9.62 Å². The smallest absolute Gasteiger partial charge is 0.214 e. The summed E-state index contributed by atoms with van der Waals surface area (Å²) in [7, 11) is -3.14. The van der Waals surface area contributed by atoms with E-state index in [-0.39, 0.29) is 11.7 Å². The van der Waals surface area contributed by atoms with Crippen molar-refractivity contribution in [3.05, 3.63) is 35.9 Å². The average Bonchev–Trinajstić information content (AvgIpc) is 3.00. The molecule has 2 aliphatic heterocycles. The van der Waals surface area contributed by atoms with Crippen molar-refractivity contribution in [3.63, 3.8) is 0 Å². The first-order valence-corrected chi connectivity index (χ1v) is 8.90. The van der Waals surface area contributed by atoms with Crippen LogP contribution < -0.4 is 5.32 Å². The summed E-state index contributed by atoms with van der Waals surface area (Å²) in [5.41, 5.74) is 1.09. The molecule has 0 bridgehead atoms. The van der Waals surface area contributed by atoms with Crippen LogP contribution >= 0.6 is 0 Å². The number of benzene rings is 1. The predicted octanol–water partition coefficient (Wildman–Crippen LogP) is 1.27. The van der Waals surface area contributed by atoms with E-state index < -0.39 is 10.0 Å². The van der Waals surface area contributed by atoms with E-state index in [0.29, 0.717) is 24.9 Å². The van der Waals surface area contributed by atoms with Gasteiger partial charge in [-0.1, -0.05) is 37.3 Å². The van der Waals surface area contributed by atoms with Gasteiger partial charge < -0.3 is 5.32 Å². The van der Waals surface area contributed by atoms with Crippen molar-refractivity contribution >= 4 is 10.0 Å². The van der Waals surface area contributed by atoms with Gasteiger partial charge in [0.1, 0.15) is 0 Å². The Labute approximate surface area is 121 Å². The zero-order valence-corrected chi connectivity index (χ0v) is 12.6. The lowest BCUT2D eigenvalue weighted by atomic mass is 10.0. The van der Waals surface area contributed by atoms with Crippen LogP contribution in [0.2, 0.25) is 0 Å². The number of rotatable bonds is 4. The van der Waals surface area contributed by atoms with Crippen LogP contribution in [0.5, 0.6) is 0 Å². The number of hydrogen-bond donors (Lipinski definition) is 1. The molecule has 2 aliphatic rings. The van der Waals surface area contributed by atoms with Crippen LogP contribution in [0.4, 0.5) is 0 Å². The summed E-state index contributed by atoms with van der Waals surface area (Å²) in [5.74, 6) is 1.28. The van der Waals surface area contributed by atoms with Gasteiger partial charge in [-0.15, -0.1) is 0 Å². The topological polar surface area (TPSA) is 49.4 Å². The van der Waals surface area contributed by atoms with Crippen LogP contribution in [-0.2, 0) is 10.0 Å². The second-order valence-corrected chi connectivity index (χ2v) is 8.10. The summed E-state index contributed by atoms with van der Waals surface area (Å²) in [6.07, 6.45) is 0. The fourth-order valence-corrected chi connectivity index (χ4v) is 5.21. The Bertz CT molecular complexity index is 546. The lowest BCUT2D eigenvalue weighted by Gasteiger charge is -2.20. The first-order chi connectivity index (χ1) is 9.56. The molecule has 0 saturated carbocycles. The highest BCUT2D eigenvalue weighted by molar-refractivity contribution is 7.89. The molecule has 2 saturated heterocycles. The quantitative estimate of drug-likeness (QED) is 0.910. The van der Waals surface area contributed by atoms with E-state index in [1.807, 2.05) is 37.3 Å². The van der Waals surface area contributed by atoms with E-state index in [1.54, 1.807) is 4.31 Å². The second kappa shape index (κ2) is 5.47. The molecule has 110 valence electrons. The van der Waals surface area contributed by atoms with Crippen molar-refractivity contribution < 1.29 is 8.42 Å². The van der Waals surface area contributed by atoms with Gasteiger partial charge >= 0.3 is 0 Å². The molecule has 1 unspecified atom stereocenters. The van der Waals surface area contributed by atoms with Crippen molar-refractivity contribution in [2.45, 2.75) is 12.8 Å². The molecule has 1 aromatic rings. The van der Waals surface area contributed by atoms with Gasteiger partial charge in [0, 0.05) is 13.1 Å². The largest absolute Gasteiger partial charge is 0.316 e. The van der Waals surface area contributed by atoms with E-state index in [4.69, 9.17) is 0 Å². The third kappa shape index (κ3) is 2.75. The van der Waals surface area contributed by atoms with Crippen LogP contribution in [0.3, 0.4) is 0 Å². The average molecular weight is 294 g/mol. The van der Waals surface area contributed by atoms with Gasteiger partial charge in [-0.25, -0.2) is 12.7 Å². The van der Waals surface area contributed by atoms with Crippen LogP contribution in [0.1, 0.15) is 18.4 Å². The van der Waals surface area contributed by atoms with Gasteiger partial charge in [-0.3, -0.25) is 0 Å². The Morgan fingerprint density at radius 2 is 1.80 bits per heavy atom. The molecule has 0 spiro atoms. The molecule has 0 amide bonds. The molecule has 2 heterocycles. The van der Waals surface area contributed by atoms with Gasteiger partial charge in [-0.2, -0.15) is 0 Å². The minimum atomic E-state index is -3.14. The van der Waals surface area contributed by atoms with Gasteiger partial charge in [0.15, 0.2) is 0 Å². The molecule has 1 aromatic carbocycles. The summed E-state index contributed by atoms with van der Waals surface area (Å²) < 4.78 is 26.8.